The topological polar surface area (TPSA) is 74.9 Å². The van der Waals surface area contributed by atoms with Crippen LogP contribution in [0.25, 0.3) is 4.96 Å². The van der Waals surface area contributed by atoms with Gasteiger partial charge in [0.25, 0.3) is 11.5 Å². The summed E-state index contributed by atoms with van der Waals surface area (Å²) < 4.78 is 1.39. The Morgan fingerprint density at radius 2 is 2.35 bits per heavy atom. The van der Waals surface area contributed by atoms with E-state index in [1.807, 2.05) is 0 Å². The maximum absolute atomic E-state index is 12.3. The Morgan fingerprint density at radius 1 is 1.60 bits per heavy atom. The molecular weight excluding hydrogens is 278 g/mol. The van der Waals surface area contributed by atoms with E-state index in [0.717, 1.165) is 12.8 Å². The number of amides is 1. The number of fused-ring (bicyclic) bond motifs is 1. The Morgan fingerprint density at radius 3 is 3.05 bits per heavy atom. The second-order valence-electron chi connectivity index (χ2n) is 5.21. The highest BCUT2D eigenvalue weighted by Crippen LogP contribution is 2.27. The number of rotatable bonds is 3. The number of hydrogen-bond acceptors (Lipinski definition) is 5. The molecule has 1 aliphatic rings. The third-order valence-corrected chi connectivity index (χ3v) is 4.43. The first kappa shape index (κ1) is 13.3. The van der Waals surface area contributed by atoms with Gasteiger partial charge in [0.05, 0.1) is 6.10 Å². The van der Waals surface area contributed by atoms with Gasteiger partial charge in [-0.2, -0.15) is 0 Å². The predicted octanol–water partition coefficient (Wildman–Crippen LogP) is 0.599. The van der Waals surface area contributed by atoms with Crippen molar-refractivity contribution in [3.8, 4) is 0 Å². The Kier molecular flexibility index (Phi) is 3.31. The molecule has 0 saturated heterocycles. The van der Waals surface area contributed by atoms with Crippen LogP contribution in [0.5, 0.6) is 0 Å². The van der Waals surface area contributed by atoms with E-state index in [-0.39, 0.29) is 23.1 Å². The van der Waals surface area contributed by atoms with Crippen molar-refractivity contribution in [3.05, 3.63) is 33.7 Å². The van der Waals surface area contributed by atoms with Gasteiger partial charge in [-0.1, -0.05) is 0 Å². The van der Waals surface area contributed by atoms with Crippen LogP contribution in [0.1, 0.15) is 23.2 Å². The van der Waals surface area contributed by atoms with Gasteiger partial charge in [-0.15, -0.1) is 11.3 Å². The van der Waals surface area contributed by atoms with Crippen molar-refractivity contribution in [3.63, 3.8) is 0 Å². The summed E-state index contributed by atoms with van der Waals surface area (Å²) in [5.74, 6) is 0.00373. The van der Waals surface area contributed by atoms with Gasteiger partial charge in [-0.3, -0.25) is 14.0 Å². The predicted molar refractivity (Wildman–Crippen MR) is 75.0 cm³/mol. The van der Waals surface area contributed by atoms with E-state index >= 15 is 0 Å². The molecule has 1 N–H and O–H groups in total. The van der Waals surface area contributed by atoms with E-state index in [1.165, 1.54) is 26.8 Å². The molecule has 3 rings (SSSR count). The molecule has 0 bridgehead atoms. The fraction of sp³-hybridized carbons (Fsp3) is 0.462. The van der Waals surface area contributed by atoms with Crippen molar-refractivity contribution in [2.75, 3.05) is 13.6 Å². The van der Waals surface area contributed by atoms with Crippen molar-refractivity contribution in [2.24, 2.45) is 5.92 Å². The number of hydrogen-bond donors (Lipinski definition) is 1. The highest BCUT2D eigenvalue weighted by Gasteiger charge is 2.30. The van der Waals surface area contributed by atoms with E-state index in [0.29, 0.717) is 17.4 Å². The average Bonchev–Trinajstić information content (AvgIpc) is 2.86. The number of thiazole rings is 1. The molecule has 6 nitrogen and oxygen atoms in total. The first-order chi connectivity index (χ1) is 9.56. The highest BCUT2D eigenvalue weighted by atomic mass is 32.1. The van der Waals surface area contributed by atoms with Crippen LogP contribution in [0.3, 0.4) is 0 Å². The molecule has 106 valence electrons. The van der Waals surface area contributed by atoms with Crippen LogP contribution in [0.2, 0.25) is 0 Å². The summed E-state index contributed by atoms with van der Waals surface area (Å²) >= 11 is 1.35. The minimum Gasteiger partial charge on any atom is -0.393 e. The Hall–Kier alpha value is -1.73. The molecule has 2 heterocycles. The van der Waals surface area contributed by atoms with Crippen LogP contribution in [-0.4, -0.2) is 45.0 Å². The minimum absolute atomic E-state index is 0.0864. The Labute approximate surface area is 119 Å². The first-order valence-corrected chi connectivity index (χ1v) is 7.32. The first-order valence-electron chi connectivity index (χ1n) is 6.44. The van der Waals surface area contributed by atoms with Gasteiger partial charge in [-0.05, 0) is 18.8 Å². The zero-order valence-electron chi connectivity index (χ0n) is 11.0. The maximum Gasteiger partial charge on any atom is 0.271 e. The molecule has 0 aromatic carbocycles. The number of nitrogens with zero attached hydrogens (tertiary/aromatic N) is 3. The number of aliphatic hydroxyl groups excluding tert-OH is 1. The van der Waals surface area contributed by atoms with Crippen LogP contribution in [0, 0.1) is 5.92 Å². The molecule has 1 amide bonds. The summed E-state index contributed by atoms with van der Waals surface area (Å²) in [6.07, 6.45) is 4.17. The number of carbonyl (C=O) groups excluding carboxylic acids is 1. The van der Waals surface area contributed by atoms with Gasteiger partial charge in [0.1, 0.15) is 5.56 Å². The standard InChI is InChI=1S/C13H15N3O3S/c1-15(7-8-4-9(17)5-8)11(18)10-6-14-13-16(12(10)19)2-3-20-13/h2-3,6,8-9,17H,4-5,7H2,1H3. The second-order valence-corrected chi connectivity index (χ2v) is 6.08. The number of aromatic nitrogens is 2. The SMILES string of the molecule is CN(CC1CC(O)C1)C(=O)c1cnc2sccn2c1=O. The lowest BCUT2D eigenvalue weighted by atomic mass is 9.82. The molecule has 2 aromatic heterocycles. The van der Waals surface area contributed by atoms with Crippen molar-refractivity contribution in [1.29, 1.82) is 0 Å². The molecule has 0 spiro atoms. The van der Waals surface area contributed by atoms with E-state index in [2.05, 4.69) is 4.98 Å². The lowest BCUT2D eigenvalue weighted by molar-refractivity contribution is 0.0265. The molecule has 0 unspecified atom stereocenters. The lowest BCUT2D eigenvalue weighted by Crippen LogP contribution is -2.41. The largest absolute Gasteiger partial charge is 0.393 e. The molecule has 7 heteroatoms. The summed E-state index contributed by atoms with van der Waals surface area (Å²) in [5.41, 5.74) is -0.245. The summed E-state index contributed by atoms with van der Waals surface area (Å²) in [4.78, 5) is 30.7. The summed E-state index contributed by atoms with van der Waals surface area (Å²) in [7, 11) is 1.68. The van der Waals surface area contributed by atoms with E-state index < -0.39 is 0 Å². The van der Waals surface area contributed by atoms with Crippen molar-refractivity contribution < 1.29 is 9.90 Å². The van der Waals surface area contributed by atoms with Crippen molar-refractivity contribution >= 4 is 22.2 Å². The molecule has 0 atom stereocenters. The fourth-order valence-electron chi connectivity index (χ4n) is 2.50. The van der Waals surface area contributed by atoms with Crippen molar-refractivity contribution in [2.45, 2.75) is 18.9 Å². The quantitative estimate of drug-likeness (QED) is 0.899. The van der Waals surface area contributed by atoms with Gasteiger partial charge < -0.3 is 10.0 Å². The third kappa shape index (κ3) is 2.23. The van der Waals surface area contributed by atoms with Gasteiger partial charge in [-0.25, -0.2) is 4.98 Å². The smallest absolute Gasteiger partial charge is 0.271 e. The second kappa shape index (κ2) is 4.99. The average molecular weight is 293 g/mol. The summed E-state index contributed by atoms with van der Waals surface area (Å²) in [6.45, 7) is 0.557. The van der Waals surface area contributed by atoms with Gasteiger partial charge in [0, 0.05) is 31.4 Å². The zero-order chi connectivity index (χ0) is 14.3. The molecule has 1 aliphatic carbocycles. The maximum atomic E-state index is 12.3. The summed E-state index contributed by atoms with van der Waals surface area (Å²) in [6, 6.07) is 0. The lowest BCUT2D eigenvalue weighted by Gasteiger charge is -2.34. The van der Waals surface area contributed by atoms with Crippen LogP contribution in [0.15, 0.2) is 22.6 Å². The van der Waals surface area contributed by atoms with E-state index in [9.17, 15) is 14.7 Å². The molecule has 0 radical (unpaired) electrons. The van der Waals surface area contributed by atoms with E-state index in [1.54, 1.807) is 18.6 Å². The number of carbonyl (C=O) groups is 1. The Balaban J connectivity index is 1.81. The van der Waals surface area contributed by atoms with Crippen molar-refractivity contribution in [1.82, 2.24) is 14.3 Å². The highest BCUT2D eigenvalue weighted by molar-refractivity contribution is 7.15. The zero-order valence-corrected chi connectivity index (χ0v) is 11.8. The summed E-state index contributed by atoms with van der Waals surface area (Å²) in [5, 5.41) is 11.0. The van der Waals surface area contributed by atoms with Gasteiger partial charge >= 0.3 is 0 Å². The van der Waals surface area contributed by atoms with Crippen LogP contribution >= 0.6 is 11.3 Å². The van der Waals surface area contributed by atoms with E-state index in [4.69, 9.17) is 0 Å². The van der Waals surface area contributed by atoms with Crippen LogP contribution in [0.4, 0.5) is 0 Å². The normalized spacial score (nSPS) is 21.7. The monoisotopic (exact) mass is 293 g/mol. The van der Waals surface area contributed by atoms with Gasteiger partial charge in [0.15, 0.2) is 4.96 Å². The molecule has 1 fully saturated rings. The molecular formula is C13H15N3O3S. The minimum atomic E-state index is -0.332. The fourth-order valence-corrected chi connectivity index (χ4v) is 3.17. The van der Waals surface area contributed by atoms with Crippen LogP contribution in [-0.2, 0) is 0 Å². The molecule has 2 aromatic rings. The van der Waals surface area contributed by atoms with Gasteiger partial charge in [0.2, 0.25) is 0 Å². The molecule has 0 aliphatic heterocycles. The third-order valence-electron chi connectivity index (χ3n) is 3.66. The molecule has 1 saturated carbocycles. The molecule has 20 heavy (non-hydrogen) atoms. The number of aliphatic hydroxyl groups is 1. The van der Waals surface area contributed by atoms with Crippen LogP contribution < -0.4 is 5.56 Å². The Bertz CT molecular complexity index is 702.